The average molecular weight is 613 g/mol. The van der Waals surface area contributed by atoms with Crippen LogP contribution in [-0.2, 0) is 10.0 Å². The maximum atomic E-state index is 12.9. The lowest BCUT2D eigenvalue weighted by molar-refractivity contribution is -0.0498. The number of hydrogen-bond acceptors (Lipinski definition) is 11. The Bertz CT molecular complexity index is 1720. The van der Waals surface area contributed by atoms with Gasteiger partial charge in [0.2, 0.25) is 0 Å². The molecular weight excluding hydrogens is 582 g/mol. The molecule has 0 bridgehead atoms. The molecule has 2 saturated carbocycles. The first kappa shape index (κ1) is 28.9. The molecule has 4 aromatic heterocycles. The van der Waals surface area contributed by atoms with E-state index in [-0.39, 0.29) is 17.6 Å². The van der Waals surface area contributed by atoms with E-state index in [1.165, 1.54) is 36.9 Å². The average Bonchev–Trinajstić information content (AvgIpc) is 3.71. The first-order valence-corrected chi connectivity index (χ1v) is 15.4. The molecule has 0 saturated heterocycles. The number of nitrogens with one attached hydrogen (secondary N) is 2. The summed E-state index contributed by atoms with van der Waals surface area (Å²) in [4.78, 5) is 17.6. The number of anilines is 3. The highest BCUT2D eigenvalue weighted by atomic mass is 32.2. The molecule has 3 N–H and O–H groups in total. The molecule has 226 valence electrons. The van der Waals surface area contributed by atoms with Gasteiger partial charge in [-0.25, -0.2) is 23.4 Å². The quantitative estimate of drug-likeness (QED) is 0.230. The van der Waals surface area contributed by atoms with E-state index in [2.05, 4.69) is 40.4 Å². The molecule has 0 aromatic carbocycles. The van der Waals surface area contributed by atoms with E-state index in [9.17, 15) is 22.3 Å². The maximum Gasteiger partial charge on any atom is 0.387 e. The fraction of sp³-hybridized carbons (Fsp3) is 0.393. The highest BCUT2D eigenvalue weighted by Crippen LogP contribution is 2.35. The molecule has 6 rings (SSSR count). The Kier molecular flexibility index (Phi) is 7.68. The smallest absolute Gasteiger partial charge is 0.387 e. The highest BCUT2D eigenvalue weighted by molar-refractivity contribution is 7.90. The van der Waals surface area contributed by atoms with Gasteiger partial charge in [-0.1, -0.05) is 0 Å². The van der Waals surface area contributed by atoms with Gasteiger partial charge in [0.1, 0.15) is 17.4 Å². The van der Waals surface area contributed by atoms with Gasteiger partial charge in [0.05, 0.1) is 34.5 Å². The minimum atomic E-state index is -3.52. The minimum Gasteiger partial charge on any atom is -0.435 e. The molecule has 2 fully saturated rings. The van der Waals surface area contributed by atoms with Crippen LogP contribution < -0.4 is 15.4 Å². The summed E-state index contributed by atoms with van der Waals surface area (Å²) < 4.78 is 56.3. The Hall–Kier alpha value is -4.24. The molecule has 0 amide bonds. The van der Waals surface area contributed by atoms with Crippen LogP contribution in [0, 0.1) is 0 Å². The van der Waals surface area contributed by atoms with Gasteiger partial charge in [-0.2, -0.15) is 18.0 Å². The van der Waals surface area contributed by atoms with E-state index in [1.54, 1.807) is 18.3 Å². The van der Waals surface area contributed by atoms with Crippen LogP contribution in [0.5, 0.6) is 5.75 Å². The molecule has 0 atom stereocenters. The van der Waals surface area contributed by atoms with Crippen LogP contribution >= 0.6 is 0 Å². The number of rotatable bonds is 10. The molecule has 0 unspecified atom stereocenters. The zero-order valence-corrected chi connectivity index (χ0v) is 24.0. The molecule has 4 heterocycles. The van der Waals surface area contributed by atoms with E-state index < -0.39 is 27.5 Å². The lowest BCUT2D eigenvalue weighted by Crippen LogP contribution is -2.35. The first-order chi connectivity index (χ1) is 20.6. The fourth-order valence-electron chi connectivity index (χ4n) is 4.96. The topological polar surface area (TPSA) is 157 Å². The van der Waals surface area contributed by atoms with Crippen molar-refractivity contribution >= 4 is 27.3 Å². The van der Waals surface area contributed by atoms with Crippen LogP contribution in [0.3, 0.4) is 0 Å². The largest absolute Gasteiger partial charge is 0.435 e. The second-order valence-corrected chi connectivity index (χ2v) is 13.1. The van der Waals surface area contributed by atoms with Gasteiger partial charge in [0, 0.05) is 48.0 Å². The van der Waals surface area contributed by atoms with E-state index in [1.807, 2.05) is 6.92 Å². The number of aliphatic hydroxyl groups is 1. The summed E-state index contributed by atoms with van der Waals surface area (Å²) in [6.45, 7) is -1.14. The Morgan fingerprint density at radius 1 is 1.05 bits per heavy atom. The number of alkyl halides is 2. The Balaban J connectivity index is 1.27. The molecule has 43 heavy (non-hydrogen) atoms. The first-order valence-electron chi connectivity index (χ1n) is 13.9. The van der Waals surface area contributed by atoms with Gasteiger partial charge < -0.3 is 20.5 Å². The number of aromatic nitrogens is 6. The predicted molar refractivity (Wildman–Crippen MR) is 154 cm³/mol. The summed E-state index contributed by atoms with van der Waals surface area (Å²) in [5, 5.41) is 20.7. The third kappa shape index (κ3) is 6.72. The van der Waals surface area contributed by atoms with E-state index in [0.29, 0.717) is 59.8 Å². The summed E-state index contributed by atoms with van der Waals surface area (Å²) in [5.41, 5.74) is 1.37. The van der Waals surface area contributed by atoms with Crippen LogP contribution in [0.1, 0.15) is 45.4 Å². The summed E-state index contributed by atoms with van der Waals surface area (Å²) in [5.74, 6) is 1.11. The summed E-state index contributed by atoms with van der Waals surface area (Å²) in [6, 6.07) is 6.25. The molecule has 0 radical (unpaired) electrons. The standard InChI is InChI=1S/C28H30F2N8O4S/c1-28(39)8-4-18(5-9-28)35-23-13-25(33-15-21(23)22-12-19(6-10-31-22)42-27(29)30)36-24-7-11-32-26(37-24)17-14-34-38(16-17)43(40,41)20-2-3-20/h6-7,10-16,18,20,27,39H,2-5,8-9H2,1H3,(H2,32,33,35,36,37). The van der Waals surface area contributed by atoms with Gasteiger partial charge in [0.15, 0.2) is 5.82 Å². The van der Waals surface area contributed by atoms with Crippen molar-refractivity contribution in [3.63, 3.8) is 0 Å². The van der Waals surface area contributed by atoms with Gasteiger partial charge in [-0.05, 0) is 57.6 Å². The summed E-state index contributed by atoms with van der Waals surface area (Å²) >= 11 is 0. The van der Waals surface area contributed by atoms with Crippen molar-refractivity contribution in [3.05, 3.63) is 55.2 Å². The van der Waals surface area contributed by atoms with Crippen molar-refractivity contribution in [1.82, 2.24) is 29.1 Å². The fourth-order valence-corrected chi connectivity index (χ4v) is 6.44. The SMILES string of the molecule is CC1(O)CCC(Nc2cc(Nc3ccnc(-c4cnn(S(=O)(=O)C5CC5)c4)n3)ncc2-c2cc(OC(F)F)ccn2)CC1. The molecule has 2 aliphatic carbocycles. The lowest BCUT2D eigenvalue weighted by atomic mass is 9.83. The second kappa shape index (κ2) is 11.4. The number of ether oxygens (including phenoxy) is 1. The zero-order chi connectivity index (χ0) is 30.2. The Morgan fingerprint density at radius 3 is 2.56 bits per heavy atom. The molecule has 15 heteroatoms. The van der Waals surface area contributed by atoms with Gasteiger partial charge >= 0.3 is 6.61 Å². The van der Waals surface area contributed by atoms with Crippen molar-refractivity contribution in [1.29, 1.82) is 0 Å². The Morgan fingerprint density at radius 2 is 1.81 bits per heavy atom. The van der Waals surface area contributed by atoms with E-state index in [4.69, 9.17) is 0 Å². The highest BCUT2D eigenvalue weighted by Gasteiger charge is 2.37. The normalized spacial score (nSPS) is 20.6. The number of hydrogen-bond donors (Lipinski definition) is 3. The third-order valence-electron chi connectivity index (χ3n) is 7.50. The number of pyridine rings is 2. The van der Waals surface area contributed by atoms with Crippen molar-refractivity contribution in [2.24, 2.45) is 0 Å². The summed E-state index contributed by atoms with van der Waals surface area (Å²) in [6.07, 6.45) is 11.3. The maximum absolute atomic E-state index is 12.9. The van der Waals surface area contributed by atoms with Crippen molar-refractivity contribution < 1.29 is 27.0 Å². The minimum absolute atomic E-state index is 0.0244. The van der Waals surface area contributed by atoms with Crippen LogP contribution in [0.25, 0.3) is 22.6 Å². The third-order valence-corrected chi connectivity index (χ3v) is 9.53. The van der Waals surface area contributed by atoms with Crippen LogP contribution in [-0.4, -0.2) is 66.2 Å². The Labute approximate surface area is 246 Å². The lowest BCUT2D eigenvalue weighted by Gasteiger charge is -2.34. The molecular formula is C28H30F2N8O4S. The molecule has 0 spiro atoms. The predicted octanol–water partition coefficient (Wildman–Crippen LogP) is 4.59. The number of nitrogens with zero attached hydrogens (tertiary/aromatic N) is 6. The van der Waals surface area contributed by atoms with Gasteiger partial charge in [-0.3, -0.25) is 4.98 Å². The molecule has 0 aliphatic heterocycles. The monoisotopic (exact) mass is 612 g/mol. The van der Waals surface area contributed by atoms with Gasteiger partial charge in [-0.15, -0.1) is 0 Å². The van der Waals surface area contributed by atoms with Crippen molar-refractivity contribution in [3.8, 4) is 28.4 Å². The van der Waals surface area contributed by atoms with Crippen LogP contribution in [0.4, 0.5) is 26.1 Å². The molecule has 4 aromatic rings. The van der Waals surface area contributed by atoms with E-state index in [0.717, 1.165) is 16.9 Å². The summed E-state index contributed by atoms with van der Waals surface area (Å²) in [7, 11) is -3.52. The van der Waals surface area contributed by atoms with E-state index >= 15 is 0 Å². The van der Waals surface area contributed by atoms with Crippen molar-refractivity contribution in [2.75, 3.05) is 10.6 Å². The molecule has 12 nitrogen and oxygen atoms in total. The van der Waals surface area contributed by atoms with Crippen molar-refractivity contribution in [2.45, 2.75) is 69.0 Å². The van der Waals surface area contributed by atoms with Gasteiger partial charge in [0.25, 0.3) is 10.0 Å². The van der Waals surface area contributed by atoms with Crippen LogP contribution in [0.15, 0.2) is 55.2 Å². The number of halogens is 2. The second-order valence-electron chi connectivity index (χ2n) is 11.0. The molecule has 2 aliphatic rings. The zero-order valence-electron chi connectivity index (χ0n) is 23.2. The van der Waals surface area contributed by atoms with Crippen LogP contribution in [0.2, 0.25) is 0 Å².